The third-order valence-corrected chi connectivity index (χ3v) is 6.02. The van der Waals surface area contributed by atoms with Gasteiger partial charge in [-0.3, -0.25) is 15.5 Å². The number of benzene rings is 2. The van der Waals surface area contributed by atoms with E-state index < -0.39 is 32.3 Å². The molecule has 1 heterocycles. The van der Waals surface area contributed by atoms with Crippen LogP contribution in [0, 0.1) is 21.7 Å². The Labute approximate surface area is 164 Å². The summed E-state index contributed by atoms with van der Waals surface area (Å²) in [4.78, 5) is 10.4. The number of hydrogen-bond donors (Lipinski definition) is 1. The fourth-order valence-corrected chi connectivity index (χ4v) is 4.06. The summed E-state index contributed by atoms with van der Waals surface area (Å²) in [5, 5.41) is 15.1. The molecule has 0 unspecified atom stereocenters. The molecule has 0 aliphatic carbocycles. The van der Waals surface area contributed by atoms with Crippen LogP contribution in [0.3, 0.4) is 0 Å². The number of anilines is 1. The Balaban J connectivity index is 1.84. The number of halogens is 2. The molecule has 0 spiro atoms. The van der Waals surface area contributed by atoms with Crippen LogP contribution in [0.2, 0.25) is 0 Å². The van der Waals surface area contributed by atoms with Crippen molar-refractivity contribution in [2.45, 2.75) is 4.90 Å². The largest absolute Gasteiger partial charge is 0.379 e. The quantitative estimate of drug-likeness (QED) is 0.431. The molecule has 154 valence electrons. The Morgan fingerprint density at radius 2 is 1.90 bits per heavy atom. The molecule has 9 nitrogen and oxygen atoms in total. The Hall–Kier alpha value is -2.96. The number of rotatable bonds is 6. The van der Waals surface area contributed by atoms with Gasteiger partial charge in [-0.15, -0.1) is 0 Å². The first-order valence-electron chi connectivity index (χ1n) is 8.39. The van der Waals surface area contributed by atoms with Gasteiger partial charge in [-0.05, 0) is 24.3 Å². The predicted molar refractivity (Wildman–Crippen MR) is 100 cm³/mol. The minimum atomic E-state index is -3.91. The van der Waals surface area contributed by atoms with Crippen molar-refractivity contribution in [1.82, 2.24) is 4.31 Å². The first-order chi connectivity index (χ1) is 13.8. The van der Waals surface area contributed by atoms with Gasteiger partial charge in [0.2, 0.25) is 10.0 Å². The predicted octanol–water partition coefficient (Wildman–Crippen LogP) is 2.34. The second kappa shape index (κ2) is 8.59. The van der Waals surface area contributed by atoms with Crippen LogP contribution in [-0.2, 0) is 14.8 Å². The van der Waals surface area contributed by atoms with Gasteiger partial charge in [0, 0.05) is 30.8 Å². The zero-order valence-corrected chi connectivity index (χ0v) is 15.7. The van der Waals surface area contributed by atoms with Crippen LogP contribution in [0.25, 0.3) is 0 Å². The molecule has 1 aliphatic heterocycles. The van der Waals surface area contributed by atoms with Crippen molar-refractivity contribution in [2.24, 2.45) is 5.10 Å². The summed E-state index contributed by atoms with van der Waals surface area (Å²) in [6, 6.07) is 6.22. The van der Waals surface area contributed by atoms with Gasteiger partial charge in [0.15, 0.2) is 0 Å². The van der Waals surface area contributed by atoms with Crippen LogP contribution in [-0.4, -0.2) is 50.2 Å². The molecule has 29 heavy (non-hydrogen) atoms. The maximum atomic E-state index is 13.6. The molecule has 1 saturated heterocycles. The molecule has 1 aliphatic rings. The summed E-state index contributed by atoms with van der Waals surface area (Å²) in [6.45, 7) is 0.804. The minimum absolute atomic E-state index is 0.0342. The van der Waals surface area contributed by atoms with E-state index in [0.29, 0.717) is 6.07 Å². The van der Waals surface area contributed by atoms with Crippen molar-refractivity contribution < 1.29 is 26.9 Å². The van der Waals surface area contributed by atoms with E-state index in [-0.39, 0.29) is 42.4 Å². The monoisotopic (exact) mass is 426 g/mol. The standard InChI is InChI=1S/C17H16F2N4O5S/c18-13-2-1-12(15(19)9-13)11-20-21-16-4-3-14(10-17(16)23(24)25)29(26,27)22-5-7-28-8-6-22/h1-4,9-11,21H,5-8H2/b20-11-. The molecular weight excluding hydrogens is 410 g/mol. The Bertz CT molecular complexity index is 1060. The second-order valence-electron chi connectivity index (χ2n) is 5.99. The van der Waals surface area contributed by atoms with Crippen LogP contribution in [0.1, 0.15) is 5.56 Å². The van der Waals surface area contributed by atoms with Crippen LogP contribution < -0.4 is 5.43 Å². The first-order valence-corrected chi connectivity index (χ1v) is 9.83. The second-order valence-corrected chi connectivity index (χ2v) is 7.93. The molecule has 0 atom stereocenters. The highest BCUT2D eigenvalue weighted by molar-refractivity contribution is 7.89. The summed E-state index contributed by atoms with van der Waals surface area (Å²) in [6.07, 6.45) is 1.02. The molecule has 0 radical (unpaired) electrons. The van der Waals surface area contributed by atoms with Gasteiger partial charge in [-0.2, -0.15) is 9.41 Å². The number of ether oxygens (including phenoxy) is 1. The molecular formula is C17H16F2N4O5S. The normalized spacial score (nSPS) is 15.5. The minimum Gasteiger partial charge on any atom is -0.379 e. The first kappa shape index (κ1) is 20.8. The lowest BCUT2D eigenvalue weighted by molar-refractivity contribution is -0.384. The number of hydrogen-bond acceptors (Lipinski definition) is 7. The maximum Gasteiger partial charge on any atom is 0.295 e. The molecule has 2 aromatic rings. The molecule has 0 aromatic heterocycles. The van der Waals surface area contributed by atoms with E-state index in [1.807, 2.05) is 0 Å². The third-order valence-electron chi connectivity index (χ3n) is 4.12. The lowest BCUT2D eigenvalue weighted by Crippen LogP contribution is -2.40. The molecule has 1 fully saturated rings. The SMILES string of the molecule is O=[N+]([O-])c1cc(S(=O)(=O)N2CCOCC2)ccc1N/N=C\c1ccc(F)cc1F. The van der Waals surface area contributed by atoms with Gasteiger partial charge in [-0.25, -0.2) is 17.2 Å². The van der Waals surface area contributed by atoms with Crippen molar-refractivity contribution in [2.75, 3.05) is 31.7 Å². The number of nitrogens with zero attached hydrogens (tertiary/aromatic N) is 3. The van der Waals surface area contributed by atoms with E-state index in [4.69, 9.17) is 4.74 Å². The highest BCUT2D eigenvalue weighted by Gasteiger charge is 2.28. The third kappa shape index (κ3) is 4.72. The zero-order chi connectivity index (χ0) is 21.0. The fourth-order valence-electron chi connectivity index (χ4n) is 2.63. The van der Waals surface area contributed by atoms with Crippen molar-refractivity contribution in [3.8, 4) is 0 Å². The molecule has 3 rings (SSSR count). The van der Waals surface area contributed by atoms with Gasteiger partial charge in [-0.1, -0.05) is 0 Å². The Morgan fingerprint density at radius 1 is 1.17 bits per heavy atom. The molecule has 12 heteroatoms. The fraction of sp³-hybridized carbons (Fsp3) is 0.235. The van der Waals surface area contributed by atoms with Gasteiger partial charge < -0.3 is 4.74 Å². The van der Waals surface area contributed by atoms with Crippen molar-refractivity contribution >= 4 is 27.6 Å². The highest BCUT2D eigenvalue weighted by atomic mass is 32.2. The van der Waals surface area contributed by atoms with E-state index in [1.54, 1.807) is 0 Å². The average Bonchev–Trinajstić information content (AvgIpc) is 2.70. The number of nitro benzene ring substituents is 1. The van der Waals surface area contributed by atoms with Crippen molar-refractivity contribution in [1.29, 1.82) is 0 Å². The topological polar surface area (TPSA) is 114 Å². The highest BCUT2D eigenvalue weighted by Crippen LogP contribution is 2.29. The number of nitrogens with one attached hydrogen (secondary N) is 1. The van der Waals surface area contributed by atoms with Gasteiger partial charge >= 0.3 is 0 Å². The summed E-state index contributed by atoms with van der Waals surface area (Å²) in [5.41, 5.74) is 1.74. The van der Waals surface area contributed by atoms with Crippen LogP contribution >= 0.6 is 0 Å². The number of nitro groups is 1. The molecule has 1 N–H and O–H groups in total. The van der Waals surface area contributed by atoms with Gasteiger partial charge in [0.05, 0.1) is 29.2 Å². The van der Waals surface area contributed by atoms with E-state index in [9.17, 15) is 27.3 Å². The van der Waals surface area contributed by atoms with Crippen LogP contribution in [0.4, 0.5) is 20.2 Å². The van der Waals surface area contributed by atoms with E-state index in [1.165, 1.54) is 16.4 Å². The maximum absolute atomic E-state index is 13.6. The van der Waals surface area contributed by atoms with Crippen molar-refractivity contribution in [3.63, 3.8) is 0 Å². The van der Waals surface area contributed by atoms with Crippen LogP contribution in [0.15, 0.2) is 46.4 Å². The number of hydrazone groups is 1. The smallest absolute Gasteiger partial charge is 0.295 e. The summed E-state index contributed by atoms with van der Waals surface area (Å²) in [7, 11) is -3.91. The van der Waals surface area contributed by atoms with Gasteiger partial charge in [0.25, 0.3) is 5.69 Å². The Kier molecular flexibility index (Phi) is 6.15. The summed E-state index contributed by atoms with van der Waals surface area (Å²) in [5.74, 6) is -1.60. The van der Waals surface area contributed by atoms with E-state index in [2.05, 4.69) is 10.5 Å². The molecule has 2 aromatic carbocycles. The van der Waals surface area contributed by atoms with E-state index in [0.717, 1.165) is 24.4 Å². The summed E-state index contributed by atoms with van der Waals surface area (Å²) >= 11 is 0. The number of morpholine rings is 1. The number of sulfonamides is 1. The lowest BCUT2D eigenvalue weighted by Gasteiger charge is -2.26. The molecule has 0 bridgehead atoms. The Morgan fingerprint density at radius 3 is 2.55 bits per heavy atom. The average molecular weight is 426 g/mol. The van der Waals surface area contributed by atoms with Crippen LogP contribution in [0.5, 0.6) is 0 Å². The molecule has 0 amide bonds. The lowest BCUT2D eigenvalue weighted by atomic mass is 10.2. The zero-order valence-electron chi connectivity index (χ0n) is 14.9. The van der Waals surface area contributed by atoms with Crippen molar-refractivity contribution in [3.05, 3.63) is 63.7 Å². The summed E-state index contributed by atoms with van der Waals surface area (Å²) < 4.78 is 58.1. The van der Waals surface area contributed by atoms with Gasteiger partial charge in [0.1, 0.15) is 17.3 Å². The molecule has 0 saturated carbocycles. The van der Waals surface area contributed by atoms with E-state index >= 15 is 0 Å².